The fourth-order valence-electron chi connectivity index (χ4n) is 2.56. The van der Waals surface area contributed by atoms with Gasteiger partial charge in [-0.25, -0.2) is 0 Å². The van der Waals surface area contributed by atoms with Gasteiger partial charge in [0.05, 0.1) is 0 Å². The Balaban J connectivity index is 1.36. The molecule has 0 N–H and O–H groups in total. The Bertz CT molecular complexity index is 973. The molecular weight excluding hydrogens is 528 g/mol. The van der Waals surface area contributed by atoms with Gasteiger partial charge >= 0.3 is 0 Å². The molecular formula is C24H16Br2OS2. The monoisotopic (exact) mass is 542 g/mol. The van der Waals surface area contributed by atoms with E-state index in [9.17, 15) is 0 Å². The van der Waals surface area contributed by atoms with E-state index >= 15 is 0 Å². The smallest absolute Gasteiger partial charge is 0.127 e. The molecule has 0 aromatic heterocycles. The summed E-state index contributed by atoms with van der Waals surface area (Å²) in [5, 5.41) is 0. The normalized spacial score (nSPS) is 10.7. The first-order chi connectivity index (χ1) is 14.1. The molecule has 0 aliphatic heterocycles. The van der Waals surface area contributed by atoms with E-state index in [1.807, 2.05) is 24.3 Å². The highest BCUT2D eigenvalue weighted by atomic mass is 79.9. The Morgan fingerprint density at radius 3 is 1.00 bits per heavy atom. The van der Waals surface area contributed by atoms with Crippen LogP contribution in [0.5, 0.6) is 11.5 Å². The van der Waals surface area contributed by atoms with E-state index in [0.717, 1.165) is 20.4 Å². The average molecular weight is 544 g/mol. The molecule has 4 aromatic rings. The van der Waals surface area contributed by atoms with Gasteiger partial charge in [-0.15, -0.1) is 0 Å². The number of hydrogen-bond acceptors (Lipinski definition) is 3. The summed E-state index contributed by atoms with van der Waals surface area (Å²) in [6.07, 6.45) is 0. The van der Waals surface area contributed by atoms with E-state index in [4.69, 9.17) is 4.74 Å². The third-order valence-corrected chi connectivity index (χ3v) is 7.07. The maximum Gasteiger partial charge on any atom is 0.127 e. The summed E-state index contributed by atoms with van der Waals surface area (Å²) in [6, 6.07) is 33.0. The van der Waals surface area contributed by atoms with Crippen molar-refractivity contribution < 1.29 is 4.74 Å². The SMILES string of the molecule is Brc1ccc(Sc2ccc(Oc3ccc(Sc4ccc(Br)cc4)cc3)cc2)cc1. The summed E-state index contributed by atoms with van der Waals surface area (Å²) in [5.41, 5.74) is 0. The molecule has 0 bridgehead atoms. The van der Waals surface area contributed by atoms with Crippen molar-refractivity contribution in [3.8, 4) is 11.5 Å². The highest BCUT2D eigenvalue weighted by molar-refractivity contribution is 9.10. The first-order valence-electron chi connectivity index (χ1n) is 8.89. The summed E-state index contributed by atoms with van der Waals surface area (Å²) < 4.78 is 8.17. The predicted octanol–water partition coefficient (Wildman–Crippen LogP) is 9.31. The van der Waals surface area contributed by atoms with Gasteiger partial charge in [-0.1, -0.05) is 55.4 Å². The van der Waals surface area contributed by atoms with Crippen LogP contribution < -0.4 is 4.74 Å². The lowest BCUT2D eigenvalue weighted by molar-refractivity contribution is 0.482. The van der Waals surface area contributed by atoms with Crippen LogP contribution in [0, 0.1) is 0 Å². The quantitative estimate of drug-likeness (QED) is 0.240. The van der Waals surface area contributed by atoms with Crippen molar-refractivity contribution in [3.05, 3.63) is 106 Å². The molecule has 0 saturated carbocycles. The standard InChI is InChI=1S/C24H16Br2OS2/c25-17-1-9-21(10-2-17)28-23-13-5-19(6-14-23)27-20-7-15-24(16-8-20)29-22-11-3-18(26)4-12-22/h1-16H. The van der Waals surface area contributed by atoms with Crippen LogP contribution in [-0.2, 0) is 0 Å². The van der Waals surface area contributed by atoms with Crippen LogP contribution >= 0.6 is 55.4 Å². The average Bonchev–Trinajstić information content (AvgIpc) is 2.74. The molecule has 0 radical (unpaired) electrons. The minimum absolute atomic E-state index is 0.832. The predicted molar refractivity (Wildman–Crippen MR) is 129 cm³/mol. The zero-order chi connectivity index (χ0) is 20.1. The first kappa shape index (κ1) is 20.6. The summed E-state index contributed by atoms with van der Waals surface area (Å²) in [5.74, 6) is 1.66. The zero-order valence-electron chi connectivity index (χ0n) is 15.2. The molecule has 0 aliphatic rings. The van der Waals surface area contributed by atoms with Crippen molar-refractivity contribution in [2.24, 2.45) is 0 Å². The number of benzene rings is 4. The van der Waals surface area contributed by atoms with Crippen LogP contribution in [0.1, 0.15) is 0 Å². The van der Waals surface area contributed by atoms with E-state index in [1.165, 1.54) is 19.6 Å². The number of ether oxygens (including phenoxy) is 1. The molecule has 0 aliphatic carbocycles. The third kappa shape index (κ3) is 6.16. The zero-order valence-corrected chi connectivity index (χ0v) is 20.0. The van der Waals surface area contributed by atoms with Crippen molar-refractivity contribution in [1.29, 1.82) is 0 Å². The summed E-state index contributed by atoms with van der Waals surface area (Å²) in [7, 11) is 0. The lowest BCUT2D eigenvalue weighted by Crippen LogP contribution is -1.84. The Morgan fingerprint density at radius 2 is 0.690 bits per heavy atom. The van der Waals surface area contributed by atoms with E-state index in [1.54, 1.807) is 23.5 Å². The molecule has 4 rings (SSSR count). The van der Waals surface area contributed by atoms with Gasteiger partial charge in [0.15, 0.2) is 0 Å². The molecule has 0 spiro atoms. The fourth-order valence-corrected chi connectivity index (χ4v) is 4.73. The van der Waals surface area contributed by atoms with Crippen LogP contribution in [-0.4, -0.2) is 0 Å². The van der Waals surface area contributed by atoms with Crippen LogP contribution in [0.25, 0.3) is 0 Å². The molecule has 0 amide bonds. The van der Waals surface area contributed by atoms with Gasteiger partial charge in [0.2, 0.25) is 0 Å². The van der Waals surface area contributed by atoms with Crippen molar-refractivity contribution in [1.82, 2.24) is 0 Å². The Morgan fingerprint density at radius 1 is 0.414 bits per heavy atom. The largest absolute Gasteiger partial charge is 0.457 e. The maximum atomic E-state index is 5.99. The molecule has 0 atom stereocenters. The van der Waals surface area contributed by atoms with E-state index in [-0.39, 0.29) is 0 Å². The summed E-state index contributed by atoms with van der Waals surface area (Å²) in [4.78, 5) is 4.78. The van der Waals surface area contributed by atoms with Crippen molar-refractivity contribution in [2.45, 2.75) is 19.6 Å². The van der Waals surface area contributed by atoms with E-state index < -0.39 is 0 Å². The molecule has 5 heteroatoms. The van der Waals surface area contributed by atoms with E-state index in [0.29, 0.717) is 0 Å². The topological polar surface area (TPSA) is 9.23 Å². The third-order valence-electron chi connectivity index (χ3n) is 3.98. The number of rotatable bonds is 6. The van der Waals surface area contributed by atoms with Gasteiger partial charge in [0.25, 0.3) is 0 Å². The van der Waals surface area contributed by atoms with Gasteiger partial charge in [0.1, 0.15) is 11.5 Å². The lowest BCUT2D eigenvalue weighted by atomic mass is 10.3. The molecule has 0 fully saturated rings. The second-order valence-electron chi connectivity index (χ2n) is 6.16. The highest BCUT2D eigenvalue weighted by Crippen LogP contribution is 2.33. The van der Waals surface area contributed by atoms with Gasteiger partial charge in [-0.05, 0) is 97.1 Å². The van der Waals surface area contributed by atoms with Crippen LogP contribution in [0.4, 0.5) is 0 Å². The van der Waals surface area contributed by atoms with E-state index in [2.05, 4.69) is 105 Å². The van der Waals surface area contributed by atoms with Crippen LogP contribution in [0.15, 0.2) is 126 Å². The lowest BCUT2D eigenvalue weighted by Gasteiger charge is -2.08. The highest BCUT2D eigenvalue weighted by Gasteiger charge is 2.02. The Kier molecular flexibility index (Phi) is 7.03. The first-order valence-corrected chi connectivity index (χ1v) is 12.1. The minimum atomic E-state index is 0.832. The second-order valence-corrected chi connectivity index (χ2v) is 10.3. The Hall–Kier alpha value is -1.66. The number of hydrogen-bond donors (Lipinski definition) is 0. The van der Waals surface area contributed by atoms with Gasteiger partial charge in [0, 0.05) is 28.5 Å². The van der Waals surface area contributed by atoms with Crippen molar-refractivity contribution in [2.75, 3.05) is 0 Å². The van der Waals surface area contributed by atoms with Crippen molar-refractivity contribution >= 4 is 55.4 Å². The maximum absolute atomic E-state index is 5.99. The molecule has 4 aromatic carbocycles. The van der Waals surface area contributed by atoms with Crippen molar-refractivity contribution in [3.63, 3.8) is 0 Å². The number of halogens is 2. The molecule has 29 heavy (non-hydrogen) atoms. The van der Waals surface area contributed by atoms with Gasteiger partial charge in [-0.3, -0.25) is 0 Å². The minimum Gasteiger partial charge on any atom is -0.457 e. The Labute approximate surface area is 196 Å². The van der Waals surface area contributed by atoms with Crippen LogP contribution in [0.3, 0.4) is 0 Å². The second kappa shape index (κ2) is 9.90. The molecule has 144 valence electrons. The summed E-state index contributed by atoms with van der Waals surface area (Å²) in [6.45, 7) is 0. The molecule has 0 heterocycles. The molecule has 0 saturated heterocycles. The molecule has 0 unspecified atom stereocenters. The van der Waals surface area contributed by atoms with Crippen LogP contribution in [0.2, 0.25) is 0 Å². The fraction of sp³-hybridized carbons (Fsp3) is 0. The summed E-state index contributed by atoms with van der Waals surface area (Å²) >= 11 is 10.4. The van der Waals surface area contributed by atoms with Gasteiger partial charge < -0.3 is 4.74 Å². The molecule has 1 nitrogen and oxygen atoms in total. The van der Waals surface area contributed by atoms with Gasteiger partial charge in [-0.2, -0.15) is 0 Å².